The fraction of sp³-hybridized carbons (Fsp3) is 0.222. The predicted octanol–water partition coefficient (Wildman–Crippen LogP) is 3.48. The van der Waals surface area contributed by atoms with Crippen molar-refractivity contribution in [1.82, 2.24) is 15.1 Å². The molecule has 0 saturated heterocycles. The van der Waals surface area contributed by atoms with Gasteiger partial charge in [-0.25, -0.2) is 0 Å². The van der Waals surface area contributed by atoms with Crippen LogP contribution >= 0.6 is 0 Å². The molecule has 0 aliphatic rings. The van der Waals surface area contributed by atoms with E-state index in [9.17, 15) is 4.79 Å². The molecule has 0 atom stereocenters. The normalized spacial score (nSPS) is 9.91. The summed E-state index contributed by atoms with van der Waals surface area (Å²) in [5, 5.41) is 8.49. The maximum Gasteiger partial charge on any atom is 0.207 e. The molecule has 0 unspecified atom stereocenters. The molecule has 22 heavy (non-hydrogen) atoms. The molecule has 0 bridgehead atoms. The Balaban J connectivity index is 0.000000847. The van der Waals surface area contributed by atoms with Crippen LogP contribution in [0.4, 0.5) is 0 Å². The minimum absolute atomic E-state index is 0.573. The molecule has 1 heterocycles. The van der Waals surface area contributed by atoms with E-state index in [0.717, 1.165) is 22.2 Å². The predicted molar refractivity (Wildman–Crippen MR) is 90.6 cm³/mol. The van der Waals surface area contributed by atoms with Gasteiger partial charge in [-0.2, -0.15) is 5.10 Å². The first-order valence-electron chi connectivity index (χ1n) is 7.58. The zero-order valence-corrected chi connectivity index (χ0v) is 13.0. The number of hydrogen-bond acceptors (Lipinski definition) is 2. The van der Waals surface area contributed by atoms with Crippen LogP contribution in [0.15, 0.2) is 54.6 Å². The van der Waals surface area contributed by atoms with Gasteiger partial charge in [0.15, 0.2) is 0 Å². The van der Waals surface area contributed by atoms with Gasteiger partial charge < -0.3 is 5.32 Å². The SMILES string of the molecule is CC.O=CNCCn1nc(-c2ccccc2)c2ccccc21. The highest BCUT2D eigenvalue weighted by Crippen LogP contribution is 2.27. The number of aromatic nitrogens is 2. The molecule has 0 radical (unpaired) electrons. The van der Waals surface area contributed by atoms with Crippen LogP contribution in [0.25, 0.3) is 22.2 Å². The summed E-state index contributed by atoms with van der Waals surface area (Å²) in [7, 11) is 0. The average molecular weight is 295 g/mol. The molecule has 0 spiro atoms. The Bertz CT molecular complexity index is 720. The van der Waals surface area contributed by atoms with Gasteiger partial charge >= 0.3 is 0 Å². The standard InChI is InChI=1S/C16H15N3O.C2H6/c20-12-17-10-11-19-15-9-5-4-8-14(15)16(18-19)13-6-2-1-3-7-13;1-2/h1-9,12H,10-11H2,(H,17,20);1-2H3. The smallest absolute Gasteiger partial charge is 0.207 e. The minimum atomic E-state index is 0.573. The first-order valence-corrected chi connectivity index (χ1v) is 7.58. The Morgan fingerprint density at radius 3 is 2.45 bits per heavy atom. The lowest BCUT2D eigenvalue weighted by atomic mass is 10.1. The van der Waals surface area contributed by atoms with Gasteiger partial charge in [0, 0.05) is 17.5 Å². The van der Waals surface area contributed by atoms with Gasteiger partial charge in [0.05, 0.1) is 12.1 Å². The summed E-state index contributed by atoms with van der Waals surface area (Å²) in [6, 6.07) is 18.3. The lowest BCUT2D eigenvalue weighted by Gasteiger charge is -2.01. The lowest BCUT2D eigenvalue weighted by Crippen LogP contribution is -2.18. The number of nitrogens with zero attached hydrogens (tertiary/aromatic N) is 2. The number of amides is 1. The zero-order valence-electron chi connectivity index (χ0n) is 13.0. The van der Waals surface area contributed by atoms with Crippen LogP contribution in [0.2, 0.25) is 0 Å². The molecule has 0 fully saturated rings. The van der Waals surface area contributed by atoms with Crippen LogP contribution in [-0.2, 0) is 11.3 Å². The number of rotatable bonds is 5. The number of carbonyl (C=O) groups is 1. The van der Waals surface area contributed by atoms with Crippen LogP contribution in [0.3, 0.4) is 0 Å². The van der Waals surface area contributed by atoms with Crippen molar-refractivity contribution in [3.8, 4) is 11.3 Å². The molecular formula is C18H21N3O. The van der Waals surface area contributed by atoms with E-state index in [0.29, 0.717) is 19.5 Å². The highest BCUT2D eigenvalue weighted by Gasteiger charge is 2.10. The topological polar surface area (TPSA) is 46.9 Å². The van der Waals surface area contributed by atoms with Crippen molar-refractivity contribution in [2.24, 2.45) is 0 Å². The Morgan fingerprint density at radius 2 is 1.73 bits per heavy atom. The van der Waals surface area contributed by atoms with Gasteiger partial charge in [0.2, 0.25) is 6.41 Å². The number of benzene rings is 2. The molecule has 1 aromatic heterocycles. The van der Waals surface area contributed by atoms with Crippen molar-refractivity contribution < 1.29 is 4.79 Å². The van der Waals surface area contributed by atoms with Crippen LogP contribution in [-0.4, -0.2) is 22.7 Å². The van der Waals surface area contributed by atoms with Crippen LogP contribution in [0, 0.1) is 0 Å². The van der Waals surface area contributed by atoms with Gasteiger partial charge in [-0.1, -0.05) is 62.4 Å². The van der Waals surface area contributed by atoms with E-state index in [-0.39, 0.29) is 0 Å². The zero-order chi connectivity index (χ0) is 15.8. The van der Waals surface area contributed by atoms with Crippen molar-refractivity contribution >= 4 is 17.3 Å². The second kappa shape index (κ2) is 7.98. The molecule has 2 aromatic carbocycles. The van der Waals surface area contributed by atoms with E-state index >= 15 is 0 Å². The minimum Gasteiger partial charge on any atom is -0.357 e. The lowest BCUT2D eigenvalue weighted by molar-refractivity contribution is -0.109. The average Bonchev–Trinajstić information content (AvgIpc) is 2.97. The molecule has 1 N–H and O–H groups in total. The van der Waals surface area contributed by atoms with E-state index in [4.69, 9.17) is 5.10 Å². The van der Waals surface area contributed by atoms with Gasteiger partial charge in [0.25, 0.3) is 0 Å². The summed E-state index contributed by atoms with van der Waals surface area (Å²) in [4.78, 5) is 10.3. The van der Waals surface area contributed by atoms with Crippen molar-refractivity contribution in [2.75, 3.05) is 6.54 Å². The second-order valence-corrected chi connectivity index (χ2v) is 4.53. The monoisotopic (exact) mass is 295 g/mol. The quantitative estimate of drug-likeness (QED) is 0.578. The second-order valence-electron chi connectivity index (χ2n) is 4.53. The number of carbonyl (C=O) groups excluding carboxylic acids is 1. The van der Waals surface area contributed by atoms with Crippen LogP contribution in [0.1, 0.15) is 13.8 Å². The van der Waals surface area contributed by atoms with E-state index in [2.05, 4.69) is 29.6 Å². The van der Waals surface area contributed by atoms with Crippen molar-refractivity contribution in [3.63, 3.8) is 0 Å². The molecule has 4 heteroatoms. The first-order chi connectivity index (χ1) is 10.9. The number of para-hydroxylation sites is 1. The molecule has 114 valence electrons. The highest BCUT2D eigenvalue weighted by atomic mass is 16.1. The number of hydrogen-bond donors (Lipinski definition) is 1. The third-order valence-electron chi connectivity index (χ3n) is 3.26. The fourth-order valence-corrected chi connectivity index (χ4v) is 2.34. The van der Waals surface area contributed by atoms with Crippen molar-refractivity contribution in [3.05, 3.63) is 54.6 Å². The van der Waals surface area contributed by atoms with Crippen molar-refractivity contribution in [2.45, 2.75) is 20.4 Å². The van der Waals surface area contributed by atoms with E-state index < -0.39 is 0 Å². The largest absolute Gasteiger partial charge is 0.357 e. The summed E-state index contributed by atoms with van der Waals surface area (Å²) in [5.41, 5.74) is 3.16. The third kappa shape index (κ3) is 3.34. The summed E-state index contributed by atoms with van der Waals surface area (Å²) in [6.45, 7) is 5.23. The molecule has 4 nitrogen and oxygen atoms in total. The number of fused-ring (bicyclic) bond motifs is 1. The van der Waals surface area contributed by atoms with Gasteiger partial charge in [0.1, 0.15) is 5.69 Å². The summed E-state index contributed by atoms with van der Waals surface area (Å²) in [5.74, 6) is 0. The Morgan fingerprint density at radius 1 is 1.05 bits per heavy atom. The Labute approximate surface area is 130 Å². The van der Waals surface area contributed by atoms with E-state index in [1.807, 2.05) is 48.9 Å². The molecule has 0 saturated carbocycles. The van der Waals surface area contributed by atoms with Gasteiger partial charge in [-0.3, -0.25) is 9.48 Å². The fourth-order valence-electron chi connectivity index (χ4n) is 2.34. The van der Waals surface area contributed by atoms with Crippen LogP contribution in [0.5, 0.6) is 0 Å². The first kappa shape index (κ1) is 15.8. The molecule has 3 rings (SSSR count). The highest BCUT2D eigenvalue weighted by molar-refractivity contribution is 5.93. The summed E-state index contributed by atoms with van der Waals surface area (Å²) in [6.07, 6.45) is 0.712. The summed E-state index contributed by atoms with van der Waals surface area (Å²) < 4.78 is 1.94. The molecule has 1 amide bonds. The van der Waals surface area contributed by atoms with Gasteiger partial charge in [-0.05, 0) is 6.07 Å². The number of nitrogens with one attached hydrogen (secondary N) is 1. The van der Waals surface area contributed by atoms with Crippen molar-refractivity contribution in [1.29, 1.82) is 0 Å². The van der Waals surface area contributed by atoms with E-state index in [1.54, 1.807) is 0 Å². The molecule has 0 aliphatic carbocycles. The molecule has 3 aromatic rings. The third-order valence-corrected chi connectivity index (χ3v) is 3.26. The maximum absolute atomic E-state index is 10.3. The van der Waals surface area contributed by atoms with Crippen LogP contribution < -0.4 is 5.32 Å². The Kier molecular flexibility index (Phi) is 5.72. The molecule has 0 aliphatic heterocycles. The molecular weight excluding hydrogens is 274 g/mol. The maximum atomic E-state index is 10.3. The summed E-state index contributed by atoms with van der Waals surface area (Å²) >= 11 is 0. The Hall–Kier alpha value is -2.62. The van der Waals surface area contributed by atoms with E-state index in [1.165, 1.54) is 0 Å². The van der Waals surface area contributed by atoms with Gasteiger partial charge in [-0.15, -0.1) is 0 Å².